The smallest absolute Gasteiger partial charge is 0.0794 e. The van der Waals surface area contributed by atoms with E-state index in [2.05, 4.69) is 24.1 Å². The van der Waals surface area contributed by atoms with Crippen LogP contribution in [0.2, 0.25) is 0 Å². The molecule has 1 aliphatic heterocycles. The minimum atomic E-state index is 0.424. The molecule has 1 N–H and O–H groups in total. The summed E-state index contributed by atoms with van der Waals surface area (Å²) >= 11 is 1.75. The van der Waals surface area contributed by atoms with Crippen molar-refractivity contribution in [3.8, 4) is 0 Å². The number of hydrogen-bond acceptors (Lipinski definition) is 4. The van der Waals surface area contributed by atoms with Gasteiger partial charge in [-0.3, -0.25) is 4.98 Å². The van der Waals surface area contributed by atoms with Gasteiger partial charge in [0.1, 0.15) is 0 Å². The molecule has 3 nitrogen and oxygen atoms in total. The molecule has 0 aliphatic carbocycles. The summed E-state index contributed by atoms with van der Waals surface area (Å²) in [6.07, 6.45) is 5.87. The van der Waals surface area contributed by atoms with Gasteiger partial charge in [0.15, 0.2) is 0 Å². The van der Waals surface area contributed by atoms with Gasteiger partial charge in [0.2, 0.25) is 0 Å². The molecule has 1 fully saturated rings. The highest BCUT2D eigenvalue weighted by molar-refractivity contribution is 7.09. The third kappa shape index (κ3) is 3.76. The van der Waals surface area contributed by atoms with E-state index in [1.807, 2.05) is 11.7 Å². The third-order valence-electron chi connectivity index (χ3n) is 3.36. The van der Waals surface area contributed by atoms with E-state index in [-0.39, 0.29) is 0 Å². The standard InChI is InChI=1S/C13H22N2OS/c1-3-4-15-13(6-12-7-14-9-17-12)11-5-10(2)16-8-11/h7,9-11,13,15H,3-6,8H2,1-2H3. The number of aromatic nitrogens is 1. The lowest BCUT2D eigenvalue weighted by Gasteiger charge is -2.23. The normalized spacial score (nSPS) is 26.2. The van der Waals surface area contributed by atoms with Crippen LogP contribution >= 0.6 is 11.3 Å². The van der Waals surface area contributed by atoms with Gasteiger partial charge in [0.25, 0.3) is 0 Å². The first-order chi connectivity index (χ1) is 8.29. The number of rotatable bonds is 6. The molecule has 1 aromatic heterocycles. The van der Waals surface area contributed by atoms with Crippen molar-refractivity contribution in [3.05, 3.63) is 16.6 Å². The van der Waals surface area contributed by atoms with Crippen molar-refractivity contribution in [1.82, 2.24) is 10.3 Å². The van der Waals surface area contributed by atoms with E-state index in [0.717, 1.165) is 19.6 Å². The molecule has 1 aromatic rings. The van der Waals surface area contributed by atoms with E-state index < -0.39 is 0 Å². The largest absolute Gasteiger partial charge is 0.378 e. The summed E-state index contributed by atoms with van der Waals surface area (Å²) < 4.78 is 5.69. The van der Waals surface area contributed by atoms with Gasteiger partial charge in [0, 0.05) is 23.0 Å². The predicted molar refractivity (Wildman–Crippen MR) is 71.4 cm³/mol. The van der Waals surface area contributed by atoms with Crippen LogP contribution in [-0.4, -0.2) is 30.3 Å². The van der Waals surface area contributed by atoms with E-state index in [0.29, 0.717) is 18.1 Å². The number of thiazole rings is 1. The molecule has 1 saturated heterocycles. The molecule has 3 atom stereocenters. The molecule has 4 heteroatoms. The van der Waals surface area contributed by atoms with Crippen LogP contribution in [0.15, 0.2) is 11.7 Å². The van der Waals surface area contributed by atoms with Crippen molar-refractivity contribution in [2.24, 2.45) is 5.92 Å². The zero-order chi connectivity index (χ0) is 12.1. The summed E-state index contributed by atoms with van der Waals surface area (Å²) in [7, 11) is 0. The molecule has 0 bridgehead atoms. The van der Waals surface area contributed by atoms with Crippen molar-refractivity contribution in [1.29, 1.82) is 0 Å². The molecule has 0 aromatic carbocycles. The van der Waals surface area contributed by atoms with Gasteiger partial charge in [-0.2, -0.15) is 0 Å². The first kappa shape index (κ1) is 13.0. The molecular formula is C13H22N2OS. The maximum absolute atomic E-state index is 5.69. The lowest BCUT2D eigenvalue weighted by molar-refractivity contribution is 0.117. The van der Waals surface area contributed by atoms with Crippen molar-refractivity contribution in [2.75, 3.05) is 13.2 Å². The third-order valence-corrected chi connectivity index (χ3v) is 4.16. The van der Waals surface area contributed by atoms with Gasteiger partial charge in [-0.15, -0.1) is 11.3 Å². The van der Waals surface area contributed by atoms with Crippen molar-refractivity contribution in [3.63, 3.8) is 0 Å². The molecule has 2 rings (SSSR count). The Kier molecular flexibility index (Phi) is 4.95. The fourth-order valence-corrected chi connectivity index (χ4v) is 3.08. The van der Waals surface area contributed by atoms with Gasteiger partial charge < -0.3 is 10.1 Å². The minimum Gasteiger partial charge on any atom is -0.378 e. The van der Waals surface area contributed by atoms with E-state index in [4.69, 9.17) is 4.74 Å². The highest BCUT2D eigenvalue weighted by Gasteiger charge is 2.29. The Morgan fingerprint density at radius 1 is 1.65 bits per heavy atom. The molecule has 2 heterocycles. The Labute approximate surface area is 108 Å². The van der Waals surface area contributed by atoms with Crippen LogP contribution < -0.4 is 5.32 Å². The maximum atomic E-state index is 5.69. The topological polar surface area (TPSA) is 34.2 Å². The Morgan fingerprint density at radius 3 is 3.12 bits per heavy atom. The number of nitrogens with one attached hydrogen (secondary N) is 1. The Hall–Kier alpha value is -0.450. The van der Waals surface area contributed by atoms with Crippen LogP contribution in [0, 0.1) is 5.92 Å². The van der Waals surface area contributed by atoms with Crippen molar-refractivity contribution >= 4 is 11.3 Å². The lowest BCUT2D eigenvalue weighted by atomic mass is 9.94. The molecular weight excluding hydrogens is 232 g/mol. The van der Waals surface area contributed by atoms with Crippen LogP contribution in [0.25, 0.3) is 0 Å². The second-order valence-corrected chi connectivity index (χ2v) is 5.84. The summed E-state index contributed by atoms with van der Waals surface area (Å²) in [6, 6.07) is 0.542. The second kappa shape index (κ2) is 6.47. The van der Waals surface area contributed by atoms with E-state index >= 15 is 0 Å². The Morgan fingerprint density at radius 2 is 2.53 bits per heavy atom. The zero-order valence-corrected chi connectivity index (χ0v) is 11.5. The summed E-state index contributed by atoms with van der Waals surface area (Å²) in [6.45, 7) is 6.38. The van der Waals surface area contributed by atoms with Crippen molar-refractivity contribution < 1.29 is 4.74 Å². The van der Waals surface area contributed by atoms with Crippen LogP contribution in [0.4, 0.5) is 0 Å². The highest BCUT2D eigenvalue weighted by atomic mass is 32.1. The molecule has 17 heavy (non-hydrogen) atoms. The minimum absolute atomic E-state index is 0.424. The average molecular weight is 254 g/mol. The van der Waals surface area contributed by atoms with E-state index in [1.54, 1.807) is 11.3 Å². The Balaban J connectivity index is 1.92. The second-order valence-electron chi connectivity index (χ2n) is 4.87. The van der Waals surface area contributed by atoms with Crippen LogP contribution in [-0.2, 0) is 11.2 Å². The predicted octanol–water partition coefficient (Wildman–Crippen LogP) is 2.48. The van der Waals surface area contributed by atoms with Crippen molar-refractivity contribution in [2.45, 2.75) is 45.3 Å². The SMILES string of the molecule is CCCNC(Cc1cncs1)C1COC(C)C1. The van der Waals surface area contributed by atoms with Crippen LogP contribution in [0.1, 0.15) is 31.6 Å². The van der Waals surface area contributed by atoms with Gasteiger partial charge in [-0.25, -0.2) is 0 Å². The molecule has 0 spiro atoms. The van der Waals surface area contributed by atoms with E-state index in [1.165, 1.54) is 17.7 Å². The summed E-state index contributed by atoms with van der Waals surface area (Å²) in [4.78, 5) is 5.53. The molecule has 0 saturated carbocycles. The first-order valence-electron chi connectivity index (χ1n) is 6.52. The first-order valence-corrected chi connectivity index (χ1v) is 7.40. The van der Waals surface area contributed by atoms with Gasteiger partial charge in [0.05, 0.1) is 18.2 Å². The lowest BCUT2D eigenvalue weighted by Crippen LogP contribution is -2.38. The summed E-state index contributed by atoms with van der Waals surface area (Å²) in [5, 5.41) is 3.67. The molecule has 96 valence electrons. The zero-order valence-electron chi connectivity index (χ0n) is 10.7. The quantitative estimate of drug-likeness (QED) is 0.847. The Bertz CT molecular complexity index is 315. The van der Waals surface area contributed by atoms with Gasteiger partial charge in [-0.1, -0.05) is 6.92 Å². The number of nitrogens with zero attached hydrogens (tertiary/aromatic N) is 1. The highest BCUT2D eigenvalue weighted by Crippen LogP contribution is 2.25. The average Bonchev–Trinajstić information content (AvgIpc) is 2.95. The summed E-state index contributed by atoms with van der Waals surface area (Å²) in [5.41, 5.74) is 1.92. The van der Waals surface area contributed by atoms with Gasteiger partial charge >= 0.3 is 0 Å². The maximum Gasteiger partial charge on any atom is 0.0794 e. The van der Waals surface area contributed by atoms with Gasteiger partial charge in [-0.05, 0) is 32.7 Å². The van der Waals surface area contributed by atoms with Crippen LogP contribution in [0.5, 0.6) is 0 Å². The fourth-order valence-electron chi connectivity index (χ4n) is 2.43. The summed E-state index contributed by atoms with van der Waals surface area (Å²) in [5.74, 6) is 0.652. The number of hydrogen-bond donors (Lipinski definition) is 1. The van der Waals surface area contributed by atoms with E-state index in [9.17, 15) is 0 Å². The monoisotopic (exact) mass is 254 g/mol. The molecule has 1 aliphatic rings. The molecule has 0 amide bonds. The number of ether oxygens (including phenoxy) is 1. The molecule has 0 radical (unpaired) electrons. The fraction of sp³-hybridized carbons (Fsp3) is 0.769. The molecule has 3 unspecified atom stereocenters. The van der Waals surface area contributed by atoms with Crippen LogP contribution in [0.3, 0.4) is 0 Å².